The van der Waals surface area contributed by atoms with Crippen molar-refractivity contribution >= 4 is 11.5 Å². The highest BCUT2D eigenvalue weighted by Gasteiger charge is 2.29. The van der Waals surface area contributed by atoms with Crippen LogP contribution in [-0.2, 0) is 6.42 Å². The van der Waals surface area contributed by atoms with Crippen molar-refractivity contribution in [3.8, 4) is 0 Å². The van der Waals surface area contributed by atoms with Crippen LogP contribution in [0.3, 0.4) is 0 Å². The fourth-order valence-corrected chi connectivity index (χ4v) is 4.79. The maximum Gasteiger partial charge on any atom is 0.161 e. The van der Waals surface area contributed by atoms with Crippen molar-refractivity contribution in [1.29, 1.82) is 0 Å². The smallest absolute Gasteiger partial charge is 0.161 e. The minimum absolute atomic E-state index is 0.340. The highest BCUT2D eigenvalue weighted by molar-refractivity contribution is 5.57. The molecular weight excluding hydrogens is 310 g/mol. The molecule has 25 heavy (non-hydrogen) atoms. The highest BCUT2D eigenvalue weighted by Crippen LogP contribution is 2.42. The number of rotatable bonds is 5. The normalized spacial score (nSPS) is 27.4. The number of hydrogen-bond acceptors (Lipinski definition) is 4. The van der Waals surface area contributed by atoms with Gasteiger partial charge in [-0.25, -0.2) is 4.98 Å². The molecular formula is C20H29N5. The molecule has 0 unspecified atom stereocenters. The zero-order chi connectivity index (χ0) is 16.8. The van der Waals surface area contributed by atoms with Gasteiger partial charge in [0.15, 0.2) is 5.65 Å². The van der Waals surface area contributed by atoms with E-state index in [1.807, 2.05) is 10.7 Å². The van der Waals surface area contributed by atoms with Gasteiger partial charge < -0.3 is 11.1 Å². The molecule has 0 aromatic carbocycles. The minimum Gasteiger partial charge on any atom is -0.367 e. The molecule has 5 heteroatoms. The zero-order valence-electron chi connectivity index (χ0n) is 15.0. The molecule has 134 valence electrons. The molecule has 3 aliphatic carbocycles. The minimum atomic E-state index is 0.340. The molecule has 3 saturated carbocycles. The van der Waals surface area contributed by atoms with Gasteiger partial charge in [0, 0.05) is 29.4 Å². The van der Waals surface area contributed by atoms with Crippen LogP contribution in [0, 0.1) is 5.92 Å². The molecule has 5 nitrogen and oxygen atoms in total. The molecule has 0 spiro atoms. The first-order chi connectivity index (χ1) is 12.3. The van der Waals surface area contributed by atoms with Crippen molar-refractivity contribution in [3.63, 3.8) is 0 Å². The van der Waals surface area contributed by atoms with E-state index in [0.29, 0.717) is 18.0 Å². The molecule has 0 saturated heterocycles. The van der Waals surface area contributed by atoms with E-state index in [4.69, 9.17) is 10.7 Å². The second kappa shape index (κ2) is 6.27. The van der Waals surface area contributed by atoms with Crippen LogP contribution < -0.4 is 11.1 Å². The molecule has 2 aromatic rings. The van der Waals surface area contributed by atoms with Crippen molar-refractivity contribution in [2.45, 2.75) is 82.2 Å². The van der Waals surface area contributed by atoms with Crippen molar-refractivity contribution < 1.29 is 0 Å². The third kappa shape index (κ3) is 3.14. The largest absolute Gasteiger partial charge is 0.367 e. The molecule has 2 aromatic heterocycles. The van der Waals surface area contributed by atoms with Gasteiger partial charge in [-0.2, -0.15) is 9.61 Å². The first-order valence-electron chi connectivity index (χ1n) is 10.2. The van der Waals surface area contributed by atoms with E-state index in [0.717, 1.165) is 43.1 Å². The summed E-state index contributed by atoms with van der Waals surface area (Å²) in [5, 5.41) is 8.41. The lowest BCUT2D eigenvalue weighted by molar-refractivity contribution is 0.539. The predicted octanol–water partition coefficient (Wildman–Crippen LogP) is 3.63. The summed E-state index contributed by atoms with van der Waals surface area (Å²) >= 11 is 0. The lowest BCUT2D eigenvalue weighted by atomic mass is 10.0. The Labute approximate surface area is 149 Å². The number of aromatic nitrogens is 3. The van der Waals surface area contributed by atoms with Gasteiger partial charge in [0.05, 0.1) is 6.20 Å². The Balaban J connectivity index is 1.49. The van der Waals surface area contributed by atoms with Gasteiger partial charge >= 0.3 is 0 Å². The molecule has 0 radical (unpaired) electrons. The van der Waals surface area contributed by atoms with E-state index in [-0.39, 0.29) is 0 Å². The van der Waals surface area contributed by atoms with Crippen molar-refractivity contribution in [2.24, 2.45) is 11.7 Å². The number of anilines is 1. The van der Waals surface area contributed by atoms with E-state index < -0.39 is 0 Å². The van der Waals surface area contributed by atoms with Gasteiger partial charge in [0.2, 0.25) is 0 Å². The van der Waals surface area contributed by atoms with Crippen molar-refractivity contribution in [3.05, 3.63) is 23.5 Å². The Hall–Kier alpha value is -1.62. The van der Waals surface area contributed by atoms with Crippen LogP contribution in [0.25, 0.3) is 5.65 Å². The van der Waals surface area contributed by atoms with Gasteiger partial charge in [0.1, 0.15) is 5.82 Å². The summed E-state index contributed by atoms with van der Waals surface area (Å²) in [6.07, 6.45) is 14.6. The number of nitrogens with zero attached hydrogens (tertiary/aromatic N) is 3. The molecule has 3 fully saturated rings. The summed E-state index contributed by atoms with van der Waals surface area (Å²) in [4.78, 5) is 5.05. The number of nitrogens with one attached hydrogen (secondary N) is 1. The Bertz CT molecular complexity index is 757. The maximum atomic E-state index is 6.11. The van der Waals surface area contributed by atoms with Crippen LogP contribution >= 0.6 is 0 Å². The average Bonchev–Trinajstić information content (AvgIpc) is 2.97. The maximum absolute atomic E-state index is 6.11. The molecule has 3 N–H and O–H groups in total. The van der Waals surface area contributed by atoms with Crippen molar-refractivity contribution in [2.75, 3.05) is 5.32 Å². The van der Waals surface area contributed by atoms with Gasteiger partial charge in [0.25, 0.3) is 0 Å². The predicted molar refractivity (Wildman–Crippen MR) is 99.9 cm³/mol. The highest BCUT2D eigenvalue weighted by atomic mass is 15.3. The Morgan fingerprint density at radius 3 is 2.68 bits per heavy atom. The molecule has 2 atom stereocenters. The second-order valence-electron chi connectivity index (χ2n) is 8.51. The molecule has 5 rings (SSSR count). The summed E-state index contributed by atoms with van der Waals surface area (Å²) in [6, 6.07) is 3.06. The Morgan fingerprint density at radius 2 is 1.96 bits per heavy atom. The van der Waals surface area contributed by atoms with Crippen LogP contribution in [0.4, 0.5) is 5.82 Å². The molecule has 2 heterocycles. The average molecular weight is 339 g/mol. The quantitative estimate of drug-likeness (QED) is 0.873. The molecule has 3 aliphatic rings. The van der Waals surface area contributed by atoms with Crippen LogP contribution in [-0.4, -0.2) is 26.7 Å². The molecule has 0 bridgehead atoms. The summed E-state index contributed by atoms with van der Waals surface area (Å²) in [7, 11) is 0. The first kappa shape index (κ1) is 15.6. The van der Waals surface area contributed by atoms with Gasteiger partial charge in [-0.05, 0) is 50.4 Å². The van der Waals surface area contributed by atoms with E-state index in [9.17, 15) is 0 Å². The standard InChI is InChI=1S/C20H29N5/c21-15-7-8-16(10-15)23-19-11-17(9-13-3-1-2-4-13)24-20-18(14-5-6-14)12-22-25(19)20/h11-16,23H,1-10,21H2/t15-,16-/m0/s1. The Morgan fingerprint density at radius 1 is 1.12 bits per heavy atom. The fraction of sp³-hybridized carbons (Fsp3) is 0.700. The van der Waals surface area contributed by atoms with Crippen LogP contribution in [0.15, 0.2) is 12.3 Å². The first-order valence-corrected chi connectivity index (χ1v) is 10.2. The monoisotopic (exact) mass is 339 g/mol. The van der Waals surface area contributed by atoms with Gasteiger partial charge in [-0.3, -0.25) is 0 Å². The van der Waals surface area contributed by atoms with Crippen LogP contribution in [0.1, 0.15) is 75.0 Å². The van der Waals surface area contributed by atoms with E-state index in [1.54, 1.807) is 0 Å². The van der Waals surface area contributed by atoms with Gasteiger partial charge in [-0.15, -0.1) is 0 Å². The summed E-state index contributed by atoms with van der Waals surface area (Å²) in [5.41, 5.74) is 9.78. The number of nitrogens with two attached hydrogens (primary N) is 1. The third-order valence-corrected chi connectivity index (χ3v) is 6.37. The summed E-state index contributed by atoms with van der Waals surface area (Å²) < 4.78 is 2.04. The third-order valence-electron chi connectivity index (χ3n) is 6.37. The van der Waals surface area contributed by atoms with Crippen molar-refractivity contribution in [1.82, 2.24) is 14.6 Å². The van der Waals surface area contributed by atoms with Crippen LogP contribution in [0.2, 0.25) is 0 Å². The topological polar surface area (TPSA) is 68.2 Å². The van der Waals surface area contributed by atoms with E-state index in [1.165, 1.54) is 49.8 Å². The SMILES string of the molecule is N[C@H]1CC[C@H](Nc2cc(CC3CCCC3)nc3c(C4CC4)cnn23)C1. The van der Waals surface area contributed by atoms with Gasteiger partial charge in [-0.1, -0.05) is 25.7 Å². The lowest BCUT2D eigenvalue weighted by Gasteiger charge is -2.17. The lowest BCUT2D eigenvalue weighted by Crippen LogP contribution is -2.22. The summed E-state index contributed by atoms with van der Waals surface area (Å²) in [6.45, 7) is 0. The van der Waals surface area contributed by atoms with E-state index >= 15 is 0 Å². The zero-order valence-corrected chi connectivity index (χ0v) is 15.0. The second-order valence-corrected chi connectivity index (χ2v) is 8.51. The number of fused-ring (bicyclic) bond motifs is 1. The Kier molecular flexibility index (Phi) is 3.92. The number of hydrogen-bond donors (Lipinski definition) is 2. The fourth-order valence-electron chi connectivity index (χ4n) is 4.79. The molecule has 0 aliphatic heterocycles. The molecule has 0 amide bonds. The van der Waals surface area contributed by atoms with Crippen LogP contribution in [0.5, 0.6) is 0 Å². The summed E-state index contributed by atoms with van der Waals surface area (Å²) in [5.74, 6) is 2.61. The van der Waals surface area contributed by atoms with E-state index in [2.05, 4.69) is 16.5 Å².